The molecule has 0 bridgehead atoms. The normalized spacial score (nSPS) is 33.6. The number of carbonyl (C=O) groups is 1. The summed E-state index contributed by atoms with van der Waals surface area (Å²) in [5.41, 5.74) is 5.15. The Kier molecular flexibility index (Phi) is 4.56. The predicted molar refractivity (Wildman–Crippen MR) is 74.4 cm³/mol. The number of amides is 1. The predicted octanol–water partition coefficient (Wildman–Crippen LogP) is 0.877. The van der Waals surface area contributed by atoms with E-state index in [9.17, 15) is 4.79 Å². The minimum atomic E-state index is -0.457. The van der Waals surface area contributed by atoms with Gasteiger partial charge in [-0.2, -0.15) is 11.8 Å². The maximum Gasteiger partial charge on any atom is 0.237 e. The maximum absolute atomic E-state index is 11.7. The van der Waals surface area contributed by atoms with E-state index in [4.69, 9.17) is 10.8 Å². The number of aliphatic hydroxyl groups is 1. The first-order chi connectivity index (χ1) is 8.55. The zero-order valence-corrected chi connectivity index (χ0v) is 11.8. The Labute approximate surface area is 113 Å². The molecule has 0 saturated heterocycles. The first-order valence-corrected chi connectivity index (χ1v) is 7.90. The zero-order chi connectivity index (χ0) is 13.2. The molecule has 0 spiro atoms. The molecule has 0 aromatic heterocycles. The number of primary amides is 1. The van der Waals surface area contributed by atoms with E-state index in [1.54, 1.807) is 0 Å². The Hall–Kier alpha value is -0.260. The zero-order valence-electron chi connectivity index (χ0n) is 11.0. The van der Waals surface area contributed by atoms with E-state index in [0.29, 0.717) is 17.2 Å². The first kappa shape index (κ1) is 14.2. The molecule has 3 atom stereocenters. The van der Waals surface area contributed by atoms with Crippen LogP contribution in [0.15, 0.2) is 0 Å². The molecule has 4 nitrogen and oxygen atoms in total. The molecule has 4 N–H and O–H groups in total. The van der Waals surface area contributed by atoms with Gasteiger partial charge in [0.1, 0.15) is 0 Å². The molecule has 0 heterocycles. The number of nitrogens with one attached hydrogen (secondary N) is 1. The van der Waals surface area contributed by atoms with Crippen molar-refractivity contribution >= 4 is 17.7 Å². The third-order valence-electron chi connectivity index (χ3n) is 3.93. The largest absolute Gasteiger partial charge is 0.396 e. The van der Waals surface area contributed by atoms with Crippen molar-refractivity contribution in [3.05, 3.63) is 0 Å². The second kappa shape index (κ2) is 5.80. The van der Waals surface area contributed by atoms with Crippen LogP contribution in [0.3, 0.4) is 0 Å². The van der Waals surface area contributed by atoms with Crippen molar-refractivity contribution in [2.24, 2.45) is 11.7 Å². The number of thioether (sulfide) groups is 1. The van der Waals surface area contributed by atoms with Crippen LogP contribution < -0.4 is 11.1 Å². The van der Waals surface area contributed by atoms with E-state index in [0.717, 1.165) is 25.0 Å². The summed E-state index contributed by atoms with van der Waals surface area (Å²) >= 11 is 1.88. The highest BCUT2D eigenvalue weighted by Crippen LogP contribution is 2.39. The lowest BCUT2D eigenvalue weighted by atomic mass is 9.96. The van der Waals surface area contributed by atoms with Crippen LogP contribution in [0.1, 0.15) is 39.0 Å². The molecule has 1 amide bonds. The standard InChI is InChI=1S/C13H24N2O2S/c1-9(7-16)8-18-11-4-5-13(6-11,12(14)17)15-10-2-3-10/h9-11,15-16H,2-8H2,1H3,(H2,14,17). The lowest BCUT2D eigenvalue weighted by Crippen LogP contribution is -2.54. The van der Waals surface area contributed by atoms with Gasteiger partial charge >= 0.3 is 0 Å². The van der Waals surface area contributed by atoms with Crippen molar-refractivity contribution in [2.45, 2.75) is 55.9 Å². The summed E-state index contributed by atoms with van der Waals surface area (Å²) in [6, 6.07) is 0.512. The molecule has 2 aliphatic carbocycles. The molecule has 0 aliphatic heterocycles. The van der Waals surface area contributed by atoms with Crippen LogP contribution in [-0.2, 0) is 4.79 Å². The fraction of sp³-hybridized carbons (Fsp3) is 0.923. The van der Waals surface area contributed by atoms with Gasteiger partial charge in [0.15, 0.2) is 0 Å². The van der Waals surface area contributed by atoms with Crippen LogP contribution in [0.2, 0.25) is 0 Å². The van der Waals surface area contributed by atoms with E-state index in [1.165, 1.54) is 12.8 Å². The van der Waals surface area contributed by atoms with E-state index >= 15 is 0 Å². The van der Waals surface area contributed by atoms with Crippen LogP contribution in [0.4, 0.5) is 0 Å². The number of carbonyl (C=O) groups excluding carboxylic acids is 1. The minimum Gasteiger partial charge on any atom is -0.396 e. The van der Waals surface area contributed by atoms with Crippen molar-refractivity contribution in [3.8, 4) is 0 Å². The molecule has 3 unspecified atom stereocenters. The number of aliphatic hydroxyl groups excluding tert-OH is 1. The molecule has 2 rings (SSSR count). The maximum atomic E-state index is 11.7. The van der Waals surface area contributed by atoms with E-state index in [2.05, 4.69) is 5.32 Å². The van der Waals surface area contributed by atoms with Gasteiger partial charge in [-0.15, -0.1) is 0 Å². The van der Waals surface area contributed by atoms with Crippen LogP contribution in [0.25, 0.3) is 0 Å². The summed E-state index contributed by atoms with van der Waals surface area (Å²) in [6.07, 6.45) is 5.11. The topological polar surface area (TPSA) is 75.3 Å². The number of hydrogen-bond acceptors (Lipinski definition) is 4. The second-order valence-electron chi connectivity index (χ2n) is 5.85. The smallest absolute Gasteiger partial charge is 0.237 e. The summed E-state index contributed by atoms with van der Waals surface area (Å²) in [7, 11) is 0. The summed E-state index contributed by atoms with van der Waals surface area (Å²) < 4.78 is 0. The fourth-order valence-corrected chi connectivity index (χ4v) is 3.93. The Balaban J connectivity index is 1.85. The van der Waals surface area contributed by atoms with Gasteiger partial charge in [-0.25, -0.2) is 0 Å². The van der Waals surface area contributed by atoms with Crippen molar-refractivity contribution in [3.63, 3.8) is 0 Å². The number of rotatable bonds is 7. The average molecular weight is 272 g/mol. The van der Waals surface area contributed by atoms with Gasteiger partial charge in [-0.3, -0.25) is 4.79 Å². The SMILES string of the molecule is CC(CO)CSC1CCC(NC2CC2)(C(N)=O)C1. The molecule has 2 saturated carbocycles. The molecule has 5 heteroatoms. The van der Waals surface area contributed by atoms with Crippen LogP contribution >= 0.6 is 11.8 Å². The molecule has 0 radical (unpaired) electrons. The molecular weight excluding hydrogens is 248 g/mol. The van der Waals surface area contributed by atoms with Crippen molar-refractivity contribution in [1.29, 1.82) is 0 Å². The lowest BCUT2D eigenvalue weighted by molar-refractivity contribution is -0.124. The van der Waals surface area contributed by atoms with Gasteiger partial charge in [-0.05, 0) is 43.8 Å². The van der Waals surface area contributed by atoms with Gasteiger partial charge in [0, 0.05) is 17.9 Å². The molecular formula is C13H24N2O2S. The third kappa shape index (κ3) is 3.39. The monoisotopic (exact) mass is 272 g/mol. The van der Waals surface area contributed by atoms with Crippen molar-refractivity contribution in [1.82, 2.24) is 5.32 Å². The number of nitrogens with two attached hydrogens (primary N) is 1. The van der Waals surface area contributed by atoms with Gasteiger partial charge in [0.25, 0.3) is 0 Å². The summed E-state index contributed by atoms with van der Waals surface area (Å²) in [4.78, 5) is 11.7. The van der Waals surface area contributed by atoms with E-state index in [1.807, 2.05) is 18.7 Å². The molecule has 18 heavy (non-hydrogen) atoms. The third-order valence-corrected chi connectivity index (χ3v) is 5.56. The van der Waals surface area contributed by atoms with Crippen LogP contribution in [0, 0.1) is 5.92 Å². The Morgan fingerprint density at radius 3 is 2.83 bits per heavy atom. The summed E-state index contributed by atoms with van der Waals surface area (Å²) in [5.74, 6) is 1.10. The molecule has 2 fully saturated rings. The van der Waals surface area contributed by atoms with Crippen LogP contribution in [0.5, 0.6) is 0 Å². The quantitative estimate of drug-likeness (QED) is 0.643. The highest BCUT2D eigenvalue weighted by molar-refractivity contribution is 7.99. The van der Waals surface area contributed by atoms with E-state index in [-0.39, 0.29) is 12.5 Å². The molecule has 0 aromatic rings. The Morgan fingerprint density at radius 1 is 1.56 bits per heavy atom. The fourth-order valence-electron chi connectivity index (χ4n) is 2.54. The van der Waals surface area contributed by atoms with Gasteiger partial charge in [0.05, 0.1) is 5.54 Å². The van der Waals surface area contributed by atoms with Gasteiger partial charge < -0.3 is 16.2 Å². The highest BCUT2D eigenvalue weighted by Gasteiger charge is 2.46. The molecule has 104 valence electrons. The summed E-state index contributed by atoms with van der Waals surface area (Å²) in [5, 5.41) is 13.0. The van der Waals surface area contributed by atoms with Gasteiger partial charge in [-0.1, -0.05) is 6.92 Å². The Morgan fingerprint density at radius 2 is 2.28 bits per heavy atom. The van der Waals surface area contributed by atoms with Crippen LogP contribution in [-0.4, -0.2) is 40.2 Å². The summed E-state index contributed by atoms with van der Waals surface area (Å²) in [6.45, 7) is 2.28. The highest BCUT2D eigenvalue weighted by atomic mass is 32.2. The first-order valence-electron chi connectivity index (χ1n) is 6.86. The molecule has 2 aliphatic rings. The Bertz CT molecular complexity index is 309. The second-order valence-corrected chi connectivity index (χ2v) is 7.18. The van der Waals surface area contributed by atoms with Crippen molar-refractivity contribution in [2.75, 3.05) is 12.4 Å². The number of hydrogen-bond donors (Lipinski definition) is 3. The van der Waals surface area contributed by atoms with Gasteiger partial charge in [0.2, 0.25) is 5.91 Å². The molecule has 0 aromatic carbocycles. The average Bonchev–Trinajstić information content (AvgIpc) is 3.05. The van der Waals surface area contributed by atoms with Crippen molar-refractivity contribution < 1.29 is 9.90 Å². The van der Waals surface area contributed by atoms with E-state index < -0.39 is 5.54 Å². The lowest BCUT2D eigenvalue weighted by Gasteiger charge is -2.27. The minimum absolute atomic E-state index is 0.187.